The van der Waals surface area contributed by atoms with E-state index in [0.717, 1.165) is 35.5 Å². The molecule has 4 aromatic rings. The fraction of sp³-hybridized carbons (Fsp3) is 0.192. The molecule has 174 valence electrons. The highest BCUT2D eigenvalue weighted by molar-refractivity contribution is 6.33. The van der Waals surface area contributed by atoms with E-state index in [-0.39, 0.29) is 5.91 Å². The molecule has 1 amide bonds. The highest BCUT2D eigenvalue weighted by Crippen LogP contribution is 2.27. The molecule has 8 heteroatoms. The normalized spacial score (nSPS) is 10.9. The number of hydrogen-bond donors (Lipinski definition) is 4. The van der Waals surface area contributed by atoms with Crippen LogP contribution in [0.15, 0.2) is 60.8 Å². The van der Waals surface area contributed by atoms with Crippen molar-refractivity contribution in [2.24, 2.45) is 0 Å². The van der Waals surface area contributed by atoms with Crippen LogP contribution in [0.2, 0.25) is 5.02 Å². The second kappa shape index (κ2) is 10.5. The monoisotopic (exact) mass is 474 g/mol. The van der Waals surface area contributed by atoms with E-state index in [1.54, 1.807) is 24.3 Å². The number of aryl methyl sites for hydroxylation is 2. The number of hydrogen-bond acceptors (Lipinski definition) is 5. The molecule has 4 rings (SSSR count). The van der Waals surface area contributed by atoms with Crippen LogP contribution in [0.25, 0.3) is 11.3 Å². The summed E-state index contributed by atoms with van der Waals surface area (Å²) < 4.78 is 0. The molecule has 2 heterocycles. The van der Waals surface area contributed by atoms with E-state index in [0.29, 0.717) is 34.2 Å². The lowest BCUT2D eigenvalue weighted by atomic mass is 10.1. The summed E-state index contributed by atoms with van der Waals surface area (Å²) >= 11 is 6.53. The van der Waals surface area contributed by atoms with Gasteiger partial charge in [0.05, 0.1) is 27.8 Å². The number of carbonyl (C=O) groups excluding carboxylic acids is 1. The van der Waals surface area contributed by atoms with Crippen LogP contribution in [0.1, 0.15) is 32.9 Å². The van der Waals surface area contributed by atoms with Crippen LogP contribution in [-0.4, -0.2) is 27.6 Å². The summed E-state index contributed by atoms with van der Waals surface area (Å²) in [6.45, 7) is 5.55. The second-order valence-corrected chi connectivity index (χ2v) is 8.54. The van der Waals surface area contributed by atoms with Crippen molar-refractivity contribution >= 4 is 28.9 Å². The number of benzene rings is 2. The Morgan fingerprint density at radius 1 is 1.12 bits per heavy atom. The summed E-state index contributed by atoms with van der Waals surface area (Å²) in [5.41, 5.74) is 13.5. The number of para-hydroxylation sites is 2. The van der Waals surface area contributed by atoms with Gasteiger partial charge in [-0.2, -0.15) is 5.10 Å². The molecule has 5 N–H and O–H groups in total. The molecule has 0 atom stereocenters. The Kier molecular flexibility index (Phi) is 7.25. The Bertz CT molecular complexity index is 1280. The van der Waals surface area contributed by atoms with E-state index < -0.39 is 0 Å². The van der Waals surface area contributed by atoms with Crippen LogP contribution in [0, 0.1) is 13.8 Å². The van der Waals surface area contributed by atoms with E-state index in [1.807, 2.05) is 50.4 Å². The van der Waals surface area contributed by atoms with Gasteiger partial charge in [-0.3, -0.25) is 14.9 Å². The van der Waals surface area contributed by atoms with Crippen LogP contribution in [0.4, 0.5) is 11.4 Å². The molecule has 0 unspecified atom stereocenters. The van der Waals surface area contributed by atoms with Gasteiger partial charge in [0.25, 0.3) is 5.91 Å². The number of pyridine rings is 1. The average Bonchev–Trinajstić information content (AvgIpc) is 3.15. The van der Waals surface area contributed by atoms with Gasteiger partial charge < -0.3 is 16.4 Å². The topological polar surface area (TPSA) is 109 Å². The van der Waals surface area contributed by atoms with Crippen molar-refractivity contribution in [1.29, 1.82) is 0 Å². The van der Waals surface area contributed by atoms with Gasteiger partial charge in [0.1, 0.15) is 0 Å². The maximum Gasteiger partial charge on any atom is 0.255 e. The number of aromatic amines is 1. The molecule has 0 aliphatic rings. The first-order valence-corrected chi connectivity index (χ1v) is 11.4. The van der Waals surface area contributed by atoms with Gasteiger partial charge in [0, 0.05) is 29.6 Å². The van der Waals surface area contributed by atoms with E-state index in [1.165, 1.54) is 5.56 Å². The molecule has 0 fully saturated rings. The van der Waals surface area contributed by atoms with Crippen LogP contribution in [0.3, 0.4) is 0 Å². The lowest BCUT2D eigenvalue weighted by molar-refractivity contribution is 0.102. The maximum atomic E-state index is 12.5. The molecule has 0 bridgehead atoms. The first kappa shape index (κ1) is 23.5. The van der Waals surface area contributed by atoms with Gasteiger partial charge in [-0.15, -0.1) is 0 Å². The standard InChI is InChI=1S/C26H27ClN6O/c1-16-21(17(2)33-32-16)11-12-29-14-18-13-22(27)25(30-15-18)19-7-9-20(10-8-19)26(34)31-24-6-4-3-5-23(24)28/h3-10,13,15,29H,11-12,14,28H2,1-2H3,(H,31,34)(H,32,33). The number of anilines is 2. The third-order valence-electron chi connectivity index (χ3n) is 5.69. The van der Waals surface area contributed by atoms with Gasteiger partial charge in [-0.1, -0.05) is 35.9 Å². The second-order valence-electron chi connectivity index (χ2n) is 8.13. The zero-order valence-corrected chi connectivity index (χ0v) is 19.9. The molecule has 0 aliphatic heterocycles. The molecule has 7 nitrogen and oxygen atoms in total. The maximum absolute atomic E-state index is 12.5. The SMILES string of the molecule is Cc1n[nH]c(C)c1CCNCc1cnc(-c2ccc(C(=O)Nc3ccccc3N)cc2)c(Cl)c1. The highest BCUT2D eigenvalue weighted by Gasteiger charge is 2.11. The molecule has 0 saturated carbocycles. The third-order valence-corrected chi connectivity index (χ3v) is 5.98. The Balaban J connectivity index is 1.36. The van der Waals surface area contributed by atoms with Crippen LogP contribution in [-0.2, 0) is 13.0 Å². The Labute approximate surface area is 203 Å². The fourth-order valence-corrected chi connectivity index (χ4v) is 4.06. The Morgan fingerprint density at radius 3 is 2.56 bits per heavy atom. The van der Waals surface area contributed by atoms with Gasteiger partial charge in [-0.25, -0.2) is 0 Å². The summed E-state index contributed by atoms with van der Waals surface area (Å²) in [5.74, 6) is -0.231. The fourth-order valence-electron chi connectivity index (χ4n) is 3.76. The van der Waals surface area contributed by atoms with Crippen molar-refractivity contribution in [2.75, 3.05) is 17.6 Å². The zero-order chi connectivity index (χ0) is 24.1. The summed E-state index contributed by atoms with van der Waals surface area (Å²) in [6.07, 6.45) is 2.73. The lowest BCUT2D eigenvalue weighted by Crippen LogP contribution is -2.17. The Morgan fingerprint density at radius 2 is 1.88 bits per heavy atom. The minimum absolute atomic E-state index is 0.231. The number of aromatic nitrogens is 3. The first-order chi connectivity index (χ1) is 16.4. The number of rotatable bonds is 8. The number of nitrogens with zero attached hydrogens (tertiary/aromatic N) is 2. The van der Waals surface area contributed by atoms with Gasteiger partial charge >= 0.3 is 0 Å². The highest BCUT2D eigenvalue weighted by atomic mass is 35.5. The molecule has 0 spiro atoms. The predicted molar refractivity (Wildman–Crippen MR) is 137 cm³/mol. The van der Waals surface area contributed by atoms with Crippen molar-refractivity contribution in [3.63, 3.8) is 0 Å². The van der Waals surface area contributed by atoms with Crippen molar-refractivity contribution in [3.8, 4) is 11.3 Å². The van der Waals surface area contributed by atoms with Crippen LogP contribution >= 0.6 is 11.6 Å². The number of nitrogens with one attached hydrogen (secondary N) is 3. The van der Waals surface area contributed by atoms with E-state index >= 15 is 0 Å². The number of carbonyl (C=O) groups is 1. The number of nitrogen functional groups attached to an aromatic ring is 1. The Hall–Kier alpha value is -3.68. The summed E-state index contributed by atoms with van der Waals surface area (Å²) in [7, 11) is 0. The molecule has 2 aromatic heterocycles. The van der Waals surface area contributed by atoms with E-state index in [2.05, 4.69) is 25.8 Å². The molecule has 0 aliphatic carbocycles. The average molecular weight is 475 g/mol. The van der Waals surface area contributed by atoms with E-state index in [9.17, 15) is 4.79 Å². The quantitative estimate of drug-likeness (QED) is 0.214. The summed E-state index contributed by atoms with van der Waals surface area (Å²) in [6, 6.07) is 16.2. The summed E-state index contributed by atoms with van der Waals surface area (Å²) in [4.78, 5) is 17.1. The van der Waals surface area contributed by atoms with Gasteiger partial charge in [0.15, 0.2) is 0 Å². The summed E-state index contributed by atoms with van der Waals surface area (Å²) in [5, 5.41) is 14.1. The lowest BCUT2D eigenvalue weighted by Gasteiger charge is -2.10. The predicted octanol–water partition coefficient (Wildman–Crippen LogP) is 4.91. The van der Waals surface area contributed by atoms with Crippen molar-refractivity contribution < 1.29 is 4.79 Å². The molecular formula is C26H27ClN6O. The number of amides is 1. The molecule has 2 aromatic carbocycles. The molecular weight excluding hydrogens is 448 g/mol. The smallest absolute Gasteiger partial charge is 0.255 e. The van der Waals surface area contributed by atoms with Crippen LogP contribution < -0.4 is 16.4 Å². The minimum Gasteiger partial charge on any atom is -0.397 e. The first-order valence-electron chi connectivity index (χ1n) is 11.0. The zero-order valence-electron chi connectivity index (χ0n) is 19.2. The van der Waals surface area contributed by atoms with Crippen LogP contribution in [0.5, 0.6) is 0 Å². The third kappa shape index (κ3) is 5.44. The number of halogens is 1. The van der Waals surface area contributed by atoms with Crippen molar-refractivity contribution in [3.05, 3.63) is 93.9 Å². The minimum atomic E-state index is -0.231. The molecule has 34 heavy (non-hydrogen) atoms. The molecule has 0 saturated heterocycles. The molecule has 0 radical (unpaired) electrons. The number of nitrogens with two attached hydrogens (primary N) is 1. The van der Waals surface area contributed by atoms with Gasteiger partial charge in [0.2, 0.25) is 0 Å². The number of H-pyrrole nitrogens is 1. The van der Waals surface area contributed by atoms with E-state index in [4.69, 9.17) is 17.3 Å². The van der Waals surface area contributed by atoms with Crippen molar-refractivity contribution in [1.82, 2.24) is 20.5 Å². The van der Waals surface area contributed by atoms with Gasteiger partial charge in [-0.05, 0) is 68.3 Å². The van der Waals surface area contributed by atoms with Crippen molar-refractivity contribution in [2.45, 2.75) is 26.8 Å². The largest absolute Gasteiger partial charge is 0.397 e.